The minimum Gasteiger partial charge on any atom is -0.326 e. The molecule has 2 fully saturated rings. The predicted octanol–water partition coefficient (Wildman–Crippen LogP) is 3.81. The maximum Gasteiger partial charge on any atom is 0.319 e. The Bertz CT molecular complexity index is 952. The number of carbonyl (C=O) groups excluding carboxylic acids is 1. The van der Waals surface area contributed by atoms with Crippen molar-refractivity contribution < 1.29 is 4.79 Å². The van der Waals surface area contributed by atoms with Crippen LogP contribution < -0.4 is 0 Å². The molecule has 5 heteroatoms. The van der Waals surface area contributed by atoms with Gasteiger partial charge in [-0.1, -0.05) is 55.5 Å². The van der Waals surface area contributed by atoms with Crippen molar-refractivity contribution in [2.45, 2.75) is 31.7 Å². The van der Waals surface area contributed by atoms with Gasteiger partial charge in [0.15, 0.2) is 0 Å². The number of hydrogen-bond acceptors (Lipinski definition) is 3. The lowest BCUT2D eigenvalue weighted by atomic mass is 9.89. The van der Waals surface area contributed by atoms with E-state index in [0.717, 1.165) is 65.2 Å². The van der Waals surface area contributed by atoms with Gasteiger partial charge in [0.05, 0.1) is 0 Å². The molecule has 5 rings (SSSR count). The van der Waals surface area contributed by atoms with Crippen LogP contribution in [0.5, 0.6) is 0 Å². The van der Waals surface area contributed by atoms with Gasteiger partial charge in [-0.05, 0) is 41.6 Å². The van der Waals surface area contributed by atoms with Gasteiger partial charge in [-0.25, -0.2) is 4.79 Å². The van der Waals surface area contributed by atoms with Gasteiger partial charge in [0, 0.05) is 64.8 Å². The van der Waals surface area contributed by atoms with Gasteiger partial charge in [-0.15, -0.1) is 0 Å². The van der Waals surface area contributed by atoms with Crippen LogP contribution in [-0.2, 0) is 6.42 Å². The van der Waals surface area contributed by atoms with E-state index in [0.29, 0.717) is 12.0 Å². The number of benzene rings is 2. The van der Waals surface area contributed by atoms with Crippen LogP contribution in [-0.4, -0.2) is 85.0 Å². The number of urea groups is 1. The van der Waals surface area contributed by atoms with Crippen molar-refractivity contribution in [3.05, 3.63) is 70.8 Å². The zero-order valence-electron chi connectivity index (χ0n) is 19.5. The Morgan fingerprint density at radius 1 is 0.812 bits per heavy atom. The molecule has 170 valence electrons. The summed E-state index contributed by atoms with van der Waals surface area (Å²) >= 11 is 0. The first-order valence-corrected chi connectivity index (χ1v) is 12.2. The van der Waals surface area contributed by atoms with Crippen LogP contribution in [0.1, 0.15) is 47.6 Å². The van der Waals surface area contributed by atoms with Crippen LogP contribution in [0.15, 0.2) is 48.5 Å². The number of rotatable bonds is 5. The average molecular weight is 433 g/mol. The summed E-state index contributed by atoms with van der Waals surface area (Å²) in [7, 11) is 1.90. The molecule has 2 aromatic rings. The number of amides is 2. The zero-order chi connectivity index (χ0) is 22.1. The molecular weight excluding hydrogens is 396 g/mol. The first-order chi connectivity index (χ1) is 15.6. The Kier molecular flexibility index (Phi) is 6.20. The number of hydrogen-bond donors (Lipinski definition) is 0. The van der Waals surface area contributed by atoms with Gasteiger partial charge in [-0.2, -0.15) is 0 Å². The minimum absolute atomic E-state index is 0.191. The van der Waals surface area contributed by atoms with Crippen LogP contribution in [0.3, 0.4) is 0 Å². The van der Waals surface area contributed by atoms with Gasteiger partial charge >= 0.3 is 6.03 Å². The highest BCUT2D eigenvalue weighted by Crippen LogP contribution is 2.40. The van der Waals surface area contributed by atoms with Crippen LogP contribution in [0.2, 0.25) is 0 Å². The molecule has 2 amide bonds. The molecule has 0 saturated carbocycles. The maximum absolute atomic E-state index is 12.1. The van der Waals surface area contributed by atoms with E-state index >= 15 is 0 Å². The molecule has 2 atom stereocenters. The Hall–Kier alpha value is -2.37. The summed E-state index contributed by atoms with van der Waals surface area (Å²) in [5, 5.41) is 0. The fraction of sp³-hybridized carbons (Fsp3) is 0.519. The largest absolute Gasteiger partial charge is 0.326 e. The lowest BCUT2D eigenvalue weighted by molar-refractivity contribution is 0.0931. The van der Waals surface area contributed by atoms with Crippen LogP contribution in [0.25, 0.3) is 0 Å². The standard InChI is InChI=1S/C27H36N4O/c1-21-23-9-4-3-8-22(23)20-26(25-11-6-5-10-24(21)25)30-18-15-29(16-19-30)12-7-13-31-17-14-28(2)27(31)32/h3-6,8-11,21,26H,7,12-20H2,1-2H3. The molecule has 0 spiro atoms. The van der Waals surface area contributed by atoms with Gasteiger partial charge in [0.1, 0.15) is 0 Å². The van der Waals surface area contributed by atoms with E-state index in [1.807, 2.05) is 16.8 Å². The second-order valence-corrected chi connectivity index (χ2v) is 9.69. The number of nitrogens with zero attached hydrogens (tertiary/aromatic N) is 4. The van der Waals surface area contributed by atoms with Gasteiger partial charge < -0.3 is 14.7 Å². The number of piperazine rings is 1. The van der Waals surface area contributed by atoms with Gasteiger partial charge in [-0.3, -0.25) is 4.90 Å². The minimum atomic E-state index is 0.191. The Morgan fingerprint density at radius 3 is 2.22 bits per heavy atom. The SMILES string of the molecule is CC1c2ccccc2CC(N2CCN(CCCN3CCN(C)C3=O)CC2)c2ccccc21. The van der Waals surface area contributed by atoms with Crippen LogP contribution >= 0.6 is 0 Å². The molecule has 2 heterocycles. The molecular formula is C27H36N4O. The molecule has 2 aliphatic heterocycles. The van der Waals surface area contributed by atoms with E-state index in [-0.39, 0.29) is 6.03 Å². The quantitative estimate of drug-likeness (QED) is 0.720. The fourth-order valence-corrected chi connectivity index (χ4v) is 5.86. The second-order valence-electron chi connectivity index (χ2n) is 9.69. The monoisotopic (exact) mass is 432 g/mol. The molecule has 0 bridgehead atoms. The predicted molar refractivity (Wildman–Crippen MR) is 129 cm³/mol. The Balaban J connectivity index is 1.22. The zero-order valence-corrected chi connectivity index (χ0v) is 19.5. The molecule has 32 heavy (non-hydrogen) atoms. The highest BCUT2D eigenvalue weighted by atomic mass is 16.2. The molecule has 0 aromatic heterocycles. The van der Waals surface area contributed by atoms with Crippen molar-refractivity contribution >= 4 is 6.03 Å². The van der Waals surface area contributed by atoms with E-state index in [9.17, 15) is 4.79 Å². The maximum atomic E-state index is 12.1. The first-order valence-electron chi connectivity index (χ1n) is 12.2. The second kappa shape index (κ2) is 9.24. The van der Waals surface area contributed by atoms with Crippen molar-refractivity contribution in [1.82, 2.24) is 19.6 Å². The average Bonchev–Trinajstić information content (AvgIpc) is 3.08. The number of fused-ring (bicyclic) bond motifs is 2. The van der Waals surface area contributed by atoms with Crippen molar-refractivity contribution in [3.63, 3.8) is 0 Å². The van der Waals surface area contributed by atoms with E-state index in [1.165, 1.54) is 22.3 Å². The number of carbonyl (C=O) groups is 1. The lowest BCUT2D eigenvalue weighted by Gasteiger charge is -2.40. The summed E-state index contributed by atoms with van der Waals surface area (Å²) in [5.74, 6) is 0.445. The van der Waals surface area contributed by atoms with Crippen LogP contribution in [0.4, 0.5) is 4.79 Å². The Morgan fingerprint density at radius 2 is 1.50 bits per heavy atom. The summed E-state index contributed by atoms with van der Waals surface area (Å²) in [4.78, 5) is 21.2. The summed E-state index contributed by atoms with van der Waals surface area (Å²) in [5.41, 5.74) is 6.00. The topological polar surface area (TPSA) is 30.0 Å². The molecule has 5 nitrogen and oxygen atoms in total. The van der Waals surface area contributed by atoms with Gasteiger partial charge in [0.2, 0.25) is 0 Å². The highest BCUT2D eigenvalue weighted by Gasteiger charge is 2.31. The molecule has 2 saturated heterocycles. The van der Waals surface area contributed by atoms with E-state index in [4.69, 9.17) is 0 Å². The van der Waals surface area contributed by atoms with Crippen molar-refractivity contribution in [2.75, 3.05) is 59.4 Å². The fourth-order valence-electron chi connectivity index (χ4n) is 5.86. The van der Waals surface area contributed by atoms with E-state index in [2.05, 4.69) is 65.3 Å². The molecule has 0 radical (unpaired) electrons. The summed E-state index contributed by atoms with van der Waals surface area (Å²) in [6, 6.07) is 18.8. The highest BCUT2D eigenvalue weighted by molar-refractivity contribution is 5.76. The molecule has 1 aliphatic carbocycles. The number of likely N-dealkylation sites (N-methyl/N-ethyl adjacent to an activating group) is 1. The van der Waals surface area contributed by atoms with Crippen molar-refractivity contribution in [1.29, 1.82) is 0 Å². The Labute approximate surface area is 192 Å². The molecule has 3 aliphatic rings. The first kappa shape index (κ1) is 21.5. The van der Waals surface area contributed by atoms with Crippen molar-refractivity contribution in [2.24, 2.45) is 0 Å². The third-order valence-corrected chi connectivity index (χ3v) is 7.81. The molecule has 2 unspecified atom stereocenters. The van der Waals surface area contributed by atoms with Gasteiger partial charge in [0.25, 0.3) is 0 Å². The summed E-state index contributed by atoms with van der Waals surface area (Å²) in [6.07, 6.45) is 2.17. The lowest BCUT2D eigenvalue weighted by Crippen LogP contribution is -2.48. The molecule has 2 aromatic carbocycles. The summed E-state index contributed by atoms with van der Waals surface area (Å²) < 4.78 is 0. The summed E-state index contributed by atoms with van der Waals surface area (Å²) in [6.45, 7) is 10.5. The normalized spacial score (nSPS) is 24.4. The van der Waals surface area contributed by atoms with Crippen molar-refractivity contribution in [3.8, 4) is 0 Å². The third kappa shape index (κ3) is 4.16. The van der Waals surface area contributed by atoms with Crippen LogP contribution in [0, 0.1) is 0 Å². The third-order valence-electron chi connectivity index (χ3n) is 7.81. The van der Waals surface area contributed by atoms with E-state index in [1.54, 1.807) is 0 Å². The molecule has 0 N–H and O–H groups in total. The van der Waals surface area contributed by atoms with E-state index < -0.39 is 0 Å². The smallest absolute Gasteiger partial charge is 0.319 e.